The van der Waals surface area contributed by atoms with Gasteiger partial charge in [-0.05, 0) is 49.1 Å². The Kier molecular flexibility index (Phi) is 5.79. The van der Waals surface area contributed by atoms with Gasteiger partial charge in [0.2, 0.25) is 5.91 Å². The number of nitrogens with one attached hydrogen (secondary N) is 1. The summed E-state index contributed by atoms with van der Waals surface area (Å²) in [6.07, 6.45) is 4.26. The zero-order valence-electron chi connectivity index (χ0n) is 17.3. The Morgan fingerprint density at radius 3 is 2.73 bits per heavy atom. The third kappa shape index (κ3) is 4.06. The summed E-state index contributed by atoms with van der Waals surface area (Å²) in [5.74, 6) is 1.10. The maximum Gasteiger partial charge on any atom is 0.230 e. The molecule has 2 aromatic heterocycles. The van der Waals surface area contributed by atoms with Crippen LogP contribution < -0.4 is 10.2 Å². The smallest absolute Gasteiger partial charge is 0.230 e. The minimum atomic E-state index is -0.289. The lowest BCUT2D eigenvalue weighted by molar-refractivity contribution is -0.120. The highest BCUT2D eigenvalue weighted by Crippen LogP contribution is 2.33. The Morgan fingerprint density at radius 1 is 1.23 bits per heavy atom. The SMILES string of the molecule is CCc1nn(C)c(NC(=O)C2CCCN(c3ccccn3)C2)c1-c1ccc(F)cc1. The van der Waals surface area contributed by atoms with E-state index in [1.807, 2.05) is 32.2 Å². The molecule has 1 fully saturated rings. The summed E-state index contributed by atoms with van der Waals surface area (Å²) in [6.45, 7) is 3.55. The van der Waals surface area contributed by atoms with Gasteiger partial charge in [-0.15, -0.1) is 0 Å². The quantitative estimate of drug-likeness (QED) is 0.693. The van der Waals surface area contributed by atoms with Crippen LogP contribution in [0, 0.1) is 11.7 Å². The van der Waals surface area contributed by atoms with Gasteiger partial charge in [0, 0.05) is 31.9 Å². The second-order valence-electron chi connectivity index (χ2n) is 7.62. The van der Waals surface area contributed by atoms with Crippen molar-refractivity contribution in [2.24, 2.45) is 13.0 Å². The van der Waals surface area contributed by atoms with Gasteiger partial charge in [-0.1, -0.05) is 25.1 Å². The number of carbonyl (C=O) groups excluding carboxylic acids is 1. The molecule has 0 aliphatic carbocycles. The number of piperidine rings is 1. The number of rotatable bonds is 5. The lowest BCUT2D eigenvalue weighted by Crippen LogP contribution is -2.41. The first kappa shape index (κ1) is 20.1. The van der Waals surface area contributed by atoms with Crippen LogP contribution in [0.25, 0.3) is 11.1 Å². The molecule has 1 aliphatic heterocycles. The largest absolute Gasteiger partial charge is 0.356 e. The molecule has 0 radical (unpaired) electrons. The summed E-state index contributed by atoms with van der Waals surface area (Å²) in [6, 6.07) is 12.1. The van der Waals surface area contributed by atoms with Gasteiger partial charge in [-0.25, -0.2) is 9.37 Å². The average Bonchev–Trinajstić information content (AvgIpc) is 3.10. The molecule has 1 saturated heterocycles. The van der Waals surface area contributed by atoms with Crippen LogP contribution in [0.1, 0.15) is 25.5 Å². The number of halogens is 1. The molecule has 1 unspecified atom stereocenters. The fourth-order valence-electron chi connectivity index (χ4n) is 4.05. The van der Waals surface area contributed by atoms with Crippen LogP contribution in [0.4, 0.5) is 16.0 Å². The lowest BCUT2D eigenvalue weighted by Gasteiger charge is -2.32. The molecule has 1 aromatic carbocycles. The van der Waals surface area contributed by atoms with Gasteiger partial charge < -0.3 is 10.2 Å². The summed E-state index contributed by atoms with van der Waals surface area (Å²) in [5, 5.41) is 7.69. The molecule has 0 bridgehead atoms. The molecule has 1 N–H and O–H groups in total. The molecule has 7 heteroatoms. The van der Waals surface area contributed by atoms with E-state index in [0.29, 0.717) is 18.8 Å². The van der Waals surface area contributed by atoms with Crippen molar-refractivity contribution in [2.45, 2.75) is 26.2 Å². The maximum atomic E-state index is 13.4. The highest BCUT2D eigenvalue weighted by molar-refractivity contribution is 5.96. The van der Waals surface area contributed by atoms with Crippen LogP contribution in [0.15, 0.2) is 48.7 Å². The topological polar surface area (TPSA) is 63.1 Å². The van der Waals surface area contributed by atoms with Crippen LogP contribution in [-0.2, 0) is 18.3 Å². The molecule has 3 aromatic rings. The van der Waals surface area contributed by atoms with Crippen LogP contribution in [0.5, 0.6) is 0 Å². The number of anilines is 2. The minimum absolute atomic E-state index is 0.0235. The number of hydrogen-bond donors (Lipinski definition) is 1. The van der Waals surface area contributed by atoms with E-state index in [-0.39, 0.29) is 17.6 Å². The maximum absolute atomic E-state index is 13.4. The first-order valence-corrected chi connectivity index (χ1v) is 10.4. The number of nitrogens with zero attached hydrogens (tertiary/aromatic N) is 4. The standard InChI is InChI=1S/C23H26FN5O/c1-3-19-21(16-9-11-18(24)12-10-16)22(28(2)27-19)26-23(30)17-7-6-14-29(15-17)20-8-4-5-13-25-20/h4-5,8-13,17H,3,6-7,14-15H2,1-2H3,(H,26,30). The van der Waals surface area contributed by atoms with Crippen molar-refractivity contribution in [3.8, 4) is 11.1 Å². The predicted octanol–water partition coefficient (Wildman–Crippen LogP) is 4.04. The lowest BCUT2D eigenvalue weighted by atomic mass is 9.96. The summed E-state index contributed by atoms with van der Waals surface area (Å²) >= 11 is 0. The van der Waals surface area contributed by atoms with Crippen molar-refractivity contribution >= 4 is 17.5 Å². The molecular formula is C23H26FN5O. The van der Waals surface area contributed by atoms with Gasteiger partial charge >= 0.3 is 0 Å². The third-order valence-corrected chi connectivity index (χ3v) is 5.59. The molecule has 1 atom stereocenters. The van der Waals surface area contributed by atoms with Crippen molar-refractivity contribution in [1.29, 1.82) is 0 Å². The Hall–Kier alpha value is -3.22. The zero-order valence-corrected chi connectivity index (χ0v) is 17.3. The predicted molar refractivity (Wildman–Crippen MR) is 116 cm³/mol. The normalized spacial score (nSPS) is 16.5. The first-order chi connectivity index (χ1) is 14.6. The summed E-state index contributed by atoms with van der Waals surface area (Å²) in [5.41, 5.74) is 2.57. The second-order valence-corrected chi connectivity index (χ2v) is 7.62. The number of amides is 1. The van der Waals surface area contributed by atoms with E-state index in [0.717, 1.165) is 42.0 Å². The molecule has 30 heavy (non-hydrogen) atoms. The minimum Gasteiger partial charge on any atom is -0.356 e. The van der Waals surface area contributed by atoms with E-state index in [1.165, 1.54) is 12.1 Å². The molecule has 0 saturated carbocycles. The fourth-order valence-corrected chi connectivity index (χ4v) is 4.05. The number of hydrogen-bond acceptors (Lipinski definition) is 4. The second kappa shape index (κ2) is 8.65. The van der Waals surface area contributed by atoms with Gasteiger partial charge in [0.25, 0.3) is 0 Å². The van der Waals surface area contributed by atoms with Gasteiger partial charge in [0.1, 0.15) is 17.5 Å². The first-order valence-electron chi connectivity index (χ1n) is 10.4. The molecule has 6 nitrogen and oxygen atoms in total. The monoisotopic (exact) mass is 407 g/mol. The average molecular weight is 407 g/mol. The number of carbonyl (C=O) groups is 1. The Bertz CT molecular complexity index is 1020. The summed E-state index contributed by atoms with van der Waals surface area (Å²) in [4.78, 5) is 19.8. The van der Waals surface area contributed by atoms with Gasteiger partial charge in [0.05, 0.1) is 11.6 Å². The van der Waals surface area contributed by atoms with Crippen molar-refractivity contribution in [3.63, 3.8) is 0 Å². The van der Waals surface area contributed by atoms with Crippen molar-refractivity contribution < 1.29 is 9.18 Å². The molecule has 1 aliphatic rings. The van der Waals surface area contributed by atoms with E-state index in [4.69, 9.17) is 0 Å². The highest BCUT2D eigenvalue weighted by Gasteiger charge is 2.28. The van der Waals surface area contributed by atoms with Crippen LogP contribution in [0.3, 0.4) is 0 Å². The number of pyridine rings is 1. The fraction of sp³-hybridized carbons (Fsp3) is 0.348. The summed E-state index contributed by atoms with van der Waals surface area (Å²) < 4.78 is 15.1. The summed E-state index contributed by atoms with van der Waals surface area (Å²) in [7, 11) is 1.82. The Morgan fingerprint density at radius 2 is 2.03 bits per heavy atom. The van der Waals surface area contributed by atoms with Crippen molar-refractivity contribution in [3.05, 3.63) is 60.2 Å². The highest BCUT2D eigenvalue weighted by atomic mass is 19.1. The van der Waals surface area contributed by atoms with E-state index >= 15 is 0 Å². The van der Waals surface area contributed by atoms with E-state index in [2.05, 4.69) is 20.3 Å². The van der Waals surface area contributed by atoms with Crippen LogP contribution in [0.2, 0.25) is 0 Å². The van der Waals surface area contributed by atoms with Crippen molar-refractivity contribution in [2.75, 3.05) is 23.3 Å². The zero-order chi connectivity index (χ0) is 21.1. The van der Waals surface area contributed by atoms with E-state index in [1.54, 1.807) is 23.0 Å². The van der Waals surface area contributed by atoms with Crippen LogP contribution >= 0.6 is 0 Å². The third-order valence-electron chi connectivity index (χ3n) is 5.59. The van der Waals surface area contributed by atoms with E-state index in [9.17, 15) is 9.18 Å². The van der Waals surface area contributed by atoms with Crippen molar-refractivity contribution in [1.82, 2.24) is 14.8 Å². The van der Waals surface area contributed by atoms with Gasteiger partial charge in [0.15, 0.2) is 0 Å². The molecular weight excluding hydrogens is 381 g/mol. The Balaban J connectivity index is 1.57. The molecule has 156 valence electrons. The van der Waals surface area contributed by atoms with Gasteiger partial charge in [-0.3, -0.25) is 9.48 Å². The number of aromatic nitrogens is 3. The van der Waals surface area contributed by atoms with Gasteiger partial charge in [-0.2, -0.15) is 5.10 Å². The number of aryl methyl sites for hydroxylation is 2. The number of benzene rings is 1. The van der Waals surface area contributed by atoms with Crippen LogP contribution in [-0.4, -0.2) is 33.8 Å². The molecule has 3 heterocycles. The molecule has 0 spiro atoms. The molecule has 1 amide bonds. The molecule has 4 rings (SSSR count). The van der Waals surface area contributed by atoms with E-state index < -0.39 is 0 Å². The Labute approximate surface area is 175 Å².